The molecule has 0 aliphatic carbocycles. The average molecular weight is 722 g/mol. The number of aliphatic imine (C=N–C) groups is 1. The number of rotatable bonds is 7. The summed E-state index contributed by atoms with van der Waals surface area (Å²) in [5.41, 5.74) is 19.7. The van der Waals surface area contributed by atoms with E-state index in [0.29, 0.717) is 5.84 Å². The molecule has 0 radical (unpaired) electrons. The summed E-state index contributed by atoms with van der Waals surface area (Å²) in [4.78, 5) is 10.5. The minimum Gasteiger partial charge on any atom is -0.383 e. The fraction of sp³-hybridized carbons (Fsp3) is 0.0588. The number of benzene rings is 7. The van der Waals surface area contributed by atoms with Crippen LogP contribution in [-0.4, -0.2) is 15.2 Å². The molecule has 9 aromatic rings. The molecule has 0 saturated carbocycles. The molecule has 3 heterocycles. The molecule has 2 atom stereocenters. The van der Waals surface area contributed by atoms with E-state index >= 15 is 0 Å². The number of nitrogens with zero attached hydrogens (tertiary/aromatic N) is 3. The van der Waals surface area contributed by atoms with Crippen molar-refractivity contribution in [3.63, 3.8) is 0 Å². The van der Waals surface area contributed by atoms with Crippen LogP contribution < -0.4 is 11.1 Å². The highest BCUT2D eigenvalue weighted by Gasteiger charge is 2.30. The number of nitrogens with two attached hydrogens (primary N) is 1. The van der Waals surface area contributed by atoms with Gasteiger partial charge in [-0.05, 0) is 68.1 Å². The van der Waals surface area contributed by atoms with Crippen LogP contribution in [0, 0.1) is 0 Å². The van der Waals surface area contributed by atoms with Crippen LogP contribution in [0.15, 0.2) is 193 Å². The Morgan fingerprint density at radius 1 is 0.661 bits per heavy atom. The molecule has 5 heteroatoms. The van der Waals surface area contributed by atoms with Crippen molar-refractivity contribution < 1.29 is 0 Å². The quantitative estimate of drug-likeness (QED) is 0.0745. The van der Waals surface area contributed by atoms with Gasteiger partial charge in [-0.25, -0.2) is 9.98 Å². The number of hydrogen-bond donors (Lipinski definition) is 2. The summed E-state index contributed by atoms with van der Waals surface area (Å²) < 4.78 is 2.21. The van der Waals surface area contributed by atoms with Gasteiger partial charge in [-0.2, -0.15) is 0 Å². The van der Waals surface area contributed by atoms with Crippen molar-refractivity contribution in [3.05, 3.63) is 222 Å². The van der Waals surface area contributed by atoms with Gasteiger partial charge in [0.15, 0.2) is 0 Å². The smallest absolute Gasteiger partial charge is 0.137 e. The molecule has 56 heavy (non-hydrogen) atoms. The van der Waals surface area contributed by atoms with E-state index in [0.717, 1.165) is 78.0 Å². The molecule has 0 spiro atoms. The van der Waals surface area contributed by atoms with Crippen LogP contribution in [0.1, 0.15) is 52.4 Å². The molecule has 0 saturated heterocycles. The van der Waals surface area contributed by atoms with Gasteiger partial charge < -0.3 is 15.5 Å². The molecule has 10 rings (SSSR count). The zero-order valence-electron chi connectivity index (χ0n) is 31.0. The highest BCUT2D eigenvalue weighted by Crippen LogP contribution is 2.44. The van der Waals surface area contributed by atoms with Crippen molar-refractivity contribution in [1.82, 2.24) is 9.38 Å². The van der Waals surface area contributed by atoms with Crippen molar-refractivity contribution in [2.75, 3.05) is 5.32 Å². The number of para-hydroxylation sites is 1. The molecule has 1 aliphatic heterocycles. The predicted molar refractivity (Wildman–Crippen MR) is 233 cm³/mol. The number of fused-ring (bicyclic) bond motifs is 8. The highest BCUT2D eigenvalue weighted by molar-refractivity contribution is 6.19. The van der Waals surface area contributed by atoms with Crippen molar-refractivity contribution in [1.29, 1.82) is 0 Å². The lowest BCUT2D eigenvalue weighted by molar-refractivity contribution is 0.861. The summed E-state index contributed by atoms with van der Waals surface area (Å²) in [6.07, 6.45) is 2.10. The molecular formula is C51H39N5. The van der Waals surface area contributed by atoms with Gasteiger partial charge in [-0.3, -0.25) is 0 Å². The van der Waals surface area contributed by atoms with Gasteiger partial charge in [0.1, 0.15) is 11.5 Å². The van der Waals surface area contributed by atoms with Gasteiger partial charge in [0.25, 0.3) is 0 Å². The Balaban J connectivity index is 1.17. The molecule has 2 unspecified atom stereocenters. The van der Waals surface area contributed by atoms with Crippen LogP contribution in [-0.2, 0) is 0 Å². The maximum absolute atomic E-state index is 7.19. The number of amidine groups is 1. The zero-order chi connectivity index (χ0) is 37.6. The Morgan fingerprint density at radius 3 is 2.12 bits per heavy atom. The van der Waals surface area contributed by atoms with Crippen LogP contribution in [0.4, 0.5) is 5.69 Å². The van der Waals surface area contributed by atoms with Gasteiger partial charge >= 0.3 is 0 Å². The van der Waals surface area contributed by atoms with Crippen molar-refractivity contribution >= 4 is 50.0 Å². The summed E-state index contributed by atoms with van der Waals surface area (Å²) in [5, 5.41) is 8.42. The first-order valence-corrected chi connectivity index (χ1v) is 19.2. The maximum atomic E-state index is 7.19. The lowest BCUT2D eigenvalue weighted by atomic mass is 9.84. The Kier molecular flexibility index (Phi) is 8.26. The van der Waals surface area contributed by atoms with Crippen LogP contribution in [0.2, 0.25) is 0 Å². The van der Waals surface area contributed by atoms with Crippen molar-refractivity contribution in [2.45, 2.75) is 18.9 Å². The Hall–Kier alpha value is -7.24. The normalized spacial score (nSPS) is 14.9. The summed E-state index contributed by atoms with van der Waals surface area (Å²) in [7, 11) is 0. The van der Waals surface area contributed by atoms with Gasteiger partial charge in [-0.15, -0.1) is 0 Å². The van der Waals surface area contributed by atoms with E-state index in [4.69, 9.17) is 15.7 Å². The second-order valence-corrected chi connectivity index (χ2v) is 14.5. The second kappa shape index (κ2) is 13.9. The van der Waals surface area contributed by atoms with E-state index in [2.05, 4.69) is 193 Å². The number of nitrogens with one attached hydrogen (secondary N) is 1. The molecule has 0 amide bonds. The third-order valence-corrected chi connectivity index (χ3v) is 11.2. The topological polar surface area (TPSA) is 67.7 Å². The number of aromatic nitrogens is 2. The minimum atomic E-state index is -0.103. The van der Waals surface area contributed by atoms with E-state index in [-0.39, 0.29) is 12.0 Å². The van der Waals surface area contributed by atoms with Crippen molar-refractivity contribution in [2.24, 2.45) is 10.7 Å². The molecule has 0 bridgehead atoms. The maximum Gasteiger partial charge on any atom is 0.137 e. The van der Waals surface area contributed by atoms with Crippen LogP contribution in [0.3, 0.4) is 0 Å². The lowest BCUT2D eigenvalue weighted by Gasteiger charge is -2.28. The summed E-state index contributed by atoms with van der Waals surface area (Å²) in [6, 6.07) is 63.7. The van der Waals surface area contributed by atoms with Crippen LogP contribution >= 0.6 is 0 Å². The fourth-order valence-corrected chi connectivity index (χ4v) is 8.45. The first kappa shape index (κ1) is 33.3. The molecule has 268 valence electrons. The SMILES string of the molecule is CC(/C(=C(\N=C(/N)c1cc2ccccc2c2ccccc12)c1ccccc1)c1ccc(C2Nc3ccccc3-c3nc4ccccn4c32)cc1)c1ccccc1. The average Bonchev–Trinajstić information content (AvgIpc) is 3.66. The predicted octanol–water partition coefficient (Wildman–Crippen LogP) is 11.9. The molecule has 2 aromatic heterocycles. The van der Waals surface area contributed by atoms with Crippen LogP contribution in [0.5, 0.6) is 0 Å². The molecular weight excluding hydrogens is 683 g/mol. The Labute approximate surface area is 326 Å². The van der Waals surface area contributed by atoms with E-state index in [1.807, 2.05) is 12.1 Å². The molecule has 0 fully saturated rings. The highest BCUT2D eigenvalue weighted by atomic mass is 15.1. The van der Waals surface area contributed by atoms with Gasteiger partial charge in [0, 0.05) is 34.5 Å². The molecule has 3 N–H and O–H groups in total. The number of allylic oxidation sites excluding steroid dienone is 1. The standard InChI is InChI=1S/C51H39N5/c1-33(34-16-4-2-5-17-34)46(35-27-29-37(30-28-35)48-50-49(42-24-12-13-25-44(42)53-48)54-45-26-14-15-31-56(45)50)47(36-18-6-3-7-19-36)55-51(52)43-32-38-20-8-9-21-39(38)40-22-10-11-23-41(40)43/h2-33,48,53H,1H3,(H2,52,55)/b47-46+. The fourth-order valence-electron chi connectivity index (χ4n) is 8.45. The van der Waals surface area contributed by atoms with Gasteiger partial charge in [-0.1, -0.05) is 165 Å². The van der Waals surface area contributed by atoms with E-state index in [1.54, 1.807) is 0 Å². The first-order valence-electron chi connectivity index (χ1n) is 19.2. The number of anilines is 1. The van der Waals surface area contributed by atoms with E-state index in [9.17, 15) is 0 Å². The Bertz CT molecular complexity index is 2960. The third-order valence-electron chi connectivity index (χ3n) is 11.2. The molecule has 7 aromatic carbocycles. The molecule has 1 aliphatic rings. The van der Waals surface area contributed by atoms with Gasteiger partial charge in [0.05, 0.1) is 23.1 Å². The minimum absolute atomic E-state index is 0.00721. The number of imidazole rings is 1. The van der Waals surface area contributed by atoms with E-state index < -0.39 is 0 Å². The zero-order valence-corrected chi connectivity index (χ0v) is 31.0. The molecule has 5 nitrogen and oxygen atoms in total. The van der Waals surface area contributed by atoms with Crippen LogP contribution in [0.25, 0.3) is 49.7 Å². The summed E-state index contributed by atoms with van der Waals surface area (Å²) in [5.74, 6) is 0.470. The summed E-state index contributed by atoms with van der Waals surface area (Å²) in [6.45, 7) is 2.27. The lowest BCUT2D eigenvalue weighted by Crippen LogP contribution is -2.19. The summed E-state index contributed by atoms with van der Waals surface area (Å²) >= 11 is 0. The number of pyridine rings is 1. The second-order valence-electron chi connectivity index (χ2n) is 14.5. The number of hydrogen-bond acceptors (Lipinski definition) is 3. The van der Waals surface area contributed by atoms with Crippen molar-refractivity contribution in [3.8, 4) is 11.3 Å². The van der Waals surface area contributed by atoms with Gasteiger partial charge in [0.2, 0.25) is 0 Å². The Morgan fingerprint density at radius 2 is 1.32 bits per heavy atom. The third kappa shape index (κ3) is 5.73. The monoisotopic (exact) mass is 721 g/mol. The first-order chi connectivity index (χ1) is 27.6. The largest absolute Gasteiger partial charge is 0.383 e. The van der Waals surface area contributed by atoms with E-state index in [1.165, 1.54) is 10.9 Å².